The molecule has 9 aromatic carbocycles. The molecular formula is C57H35N5O. The Balaban J connectivity index is 1.08. The van der Waals surface area contributed by atoms with E-state index < -0.39 is 0 Å². The molecule has 0 radical (unpaired) electrons. The molecule has 0 aliphatic rings. The fourth-order valence-corrected chi connectivity index (χ4v) is 9.54. The van der Waals surface area contributed by atoms with E-state index >= 15 is 0 Å². The highest BCUT2D eigenvalue weighted by molar-refractivity contribution is 6.26. The maximum Gasteiger partial charge on any atom is 0.164 e. The van der Waals surface area contributed by atoms with Crippen molar-refractivity contribution < 1.29 is 4.42 Å². The van der Waals surface area contributed by atoms with Crippen LogP contribution in [0.25, 0.3) is 122 Å². The van der Waals surface area contributed by atoms with Gasteiger partial charge in [-0.05, 0) is 71.8 Å². The number of rotatable bonds is 6. The van der Waals surface area contributed by atoms with E-state index in [4.69, 9.17) is 19.4 Å². The van der Waals surface area contributed by atoms with Crippen LogP contribution in [0, 0.1) is 0 Å². The Kier molecular flexibility index (Phi) is 7.80. The summed E-state index contributed by atoms with van der Waals surface area (Å²) in [7, 11) is 0. The maximum absolute atomic E-state index is 6.92. The van der Waals surface area contributed by atoms with Gasteiger partial charge in [0, 0.05) is 60.4 Å². The number of nitrogens with zero attached hydrogens (tertiary/aromatic N) is 5. The molecular weight excluding hydrogens is 771 g/mol. The number of hydrogen-bond acceptors (Lipinski definition) is 4. The molecule has 0 bridgehead atoms. The SMILES string of the molecule is c1ccc(-c2nc(-c3ccccc3)nc(-c3cccc(-n4c5ccccc5c5c(-c6ccc7c(c6)c6ccccc6n7-c6ccccc6)cc6c7ccccc7oc6c54)c3)n2)cc1. The Bertz CT molecular complexity index is 3850. The average Bonchev–Trinajstić information content (AvgIpc) is 4.02. The van der Waals surface area contributed by atoms with Gasteiger partial charge in [-0.15, -0.1) is 0 Å². The van der Waals surface area contributed by atoms with Gasteiger partial charge in [-0.3, -0.25) is 0 Å². The smallest absolute Gasteiger partial charge is 0.164 e. The minimum Gasteiger partial charge on any atom is -0.454 e. The van der Waals surface area contributed by atoms with Gasteiger partial charge in [0.1, 0.15) is 5.58 Å². The van der Waals surface area contributed by atoms with Crippen LogP contribution in [0.2, 0.25) is 0 Å². The maximum atomic E-state index is 6.92. The number of para-hydroxylation sites is 4. The van der Waals surface area contributed by atoms with Crippen LogP contribution in [-0.4, -0.2) is 24.1 Å². The summed E-state index contributed by atoms with van der Waals surface area (Å²) in [6, 6.07) is 74.4. The molecule has 0 aliphatic heterocycles. The van der Waals surface area contributed by atoms with Gasteiger partial charge >= 0.3 is 0 Å². The summed E-state index contributed by atoms with van der Waals surface area (Å²) >= 11 is 0. The molecule has 0 aliphatic carbocycles. The van der Waals surface area contributed by atoms with E-state index in [0.717, 1.165) is 82.9 Å². The van der Waals surface area contributed by atoms with Crippen LogP contribution >= 0.6 is 0 Å². The lowest BCUT2D eigenvalue weighted by molar-refractivity contribution is 0.671. The van der Waals surface area contributed by atoms with E-state index in [1.165, 1.54) is 21.8 Å². The van der Waals surface area contributed by atoms with Crippen molar-refractivity contribution in [1.82, 2.24) is 24.1 Å². The summed E-state index contributed by atoms with van der Waals surface area (Å²) in [4.78, 5) is 15.1. The molecule has 0 saturated heterocycles. The van der Waals surface area contributed by atoms with Crippen LogP contribution in [0.5, 0.6) is 0 Å². The van der Waals surface area contributed by atoms with Crippen LogP contribution in [0.3, 0.4) is 0 Å². The fourth-order valence-electron chi connectivity index (χ4n) is 9.54. The Hall–Kier alpha value is -8.61. The first-order valence-corrected chi connectivity index (χ1v) is 21.2. The van der Waals surface area contributed by atoms with E-state index in [0.29, 0.717) is 17.5 Å². The van der Waals surface area contributed by atoms with Crippen molar-refractivity contribution in [3.8, 4) is 56.7 Å². The third-order valence-corrected chi connectivity index (χ3v) is 12.3. The lowest BCUT2D eigenvalue weighted by atomic mass is 9.95. The molecule has 294 valence electrons. The average molecular weight is 806 g/mol. The molecule has 13 aromatic rings. The van der Waals surface area contributed by atoms with Crippen molar-refractivity contribution in [1.29, 1.82) is 0 Å². The lowest BCUT2D eigenvalue weighted by Gasteiger charge is -2.12. The largest absolute Gasteiger partial charge is 0.454 e. The second kappa shape index (κ2) is 14.0. The second-order valence-electron chi connectivity index (χ2n) is 16.0. The normalized spacial score (nSPS) is 11.8. The Labute approximate surface area is 361 Å². The molecule has 4 aromatic heterocycles. The van der Waals surface area contributed by atoms with Gasteiger partial charge in [0.25, 0.3) is 0 Å². The van der Waals surface area contributed by atoms with E-state index in [-0.39, 0.29) is 0 Å². The zero-order chi connectivity index (χ0) is 41.4. The zero-order valence-electron chi connectivity index (χ0n) is 33.9. The Morgan fingerprint density at radius 3 is 1.59 bits per heavy atom. The van der Waals surface area contributed by atoms with Crippen LogP contribution in [0.4, 0.5) is 0 Å². The number of aromatic nitrogens is 5. The highest BCUT2D eigenvalue weighted by atomic mass is 16.3. The second-order valence-corrected chi connectivity index (χ2v) is 16.0. The number of benzene rings is 9. The van der Waals surface area contributed by atoms with Gasteiger partial charge in [-0.2, -0.15) is 0 Å². The standard InChI is InChI=1S/C57H35N5O/c1-4-17-36(18-5-1)55-58-56(37-19-6-2-7-20-37)60-57(59-55)39-21-16-24-41(33-39)62-49-29-14-11-27-44(49)52-45(35-47-43-26-12-15-30-51(43)63-54(47)53(52)62)38-31-32-50-46(34-38)42-25-10-13-28-48(42)61(50)40-22-8-3-9-23-40/h1-35H. The summed E-state index contributed by atoms with van der Waals surface area (Å²) < 4.78 is 11.6. The third kappa shape index (κ3) is 5.55. The topological polar surface area (TPSA) is 61.7 Å². The predicted molar refractivity (Wildman–Crippen MR) is 258 cm³/mol. The Morgan fingerprint density at radius 2 is 0.873 bits per heavy atom. The molecule has 0 spiro atoms. The van der Waals surface area contributed by atoms with Gasteiger partial charge in [0.05, 0.1) is 22.1 Å². The molecule has 0 unspecified atom stereocenters. The third-order valence-electron chi connectivity index (χ3n) is 12.3. The van der Waals surface area contributed by atoms with Crippen molar-refractivity contribution in [3.05, 3.63) is 212 Å². The first-order valence-electron chi connectivity index (χ1n) is 21.2. The minimum absolute atomic E-state index is 0.600. The summed E-state index contributed by atoms with van der Waals surface area (Å²) in [5, 5.41) is 6.84. The summed E-state index contributed by atoms with van der Waals surface area (Å²) in [5.74, 6) is 1.85. The van der Waals surface area contributed by atoms with Gasteiger partial charge in [-0.1, -0.05) is 152 Å². The van der Waals surface area contributed by atoms with Crippen LogP contribution < -0.4 is 0 Å². The van der Waals surface area contributed by atoms with Crippen molar-refractivity contribution >= 4 is 65.6 Å². The number of hydrogen-bond donors (Lipinski definition) is 0. The summed E-state index contributed by atoms with van der Waals surface area (Å²) in [5.41, 5.74) is 13.3. The minimum atomic E-state index is 0.600. The van der Waals surface area contributed by atoms with Gasteiger partial charge < -0.3 is 13.6 Å². The molecule has 4 heterocycles. The molecule has 6 heteroatoms. The monoisotopic (exact) mass is 805 g/mol. The van der Waals surface area contributed by atoms with E-state index in [9.17, 15) is 0 Å². The van der Waals surface area contributed by atoms with Crippen molar-refractivity contribution in [3.63, 3.8) is 0 Å². The molecule has 0 saturated carbocycles. The van der Waals surface area contributed by atoms with Crippen LogP contribution in [-0.2, 0) is 0 Å². The van der Waals surface area contributed by atoms with E-state index in [2.05, 4.69) is 155 Å². The number of furan rings is 1. The molecule has 0 amide bonds. The van der Waals surface area contributed by atoms with Gasteiger partial charge in [0.2, 0.25) is 0 Å². The molecule has 0 N–H and O–H groups in total. The van der Waals surface area contributed by atoms with Crippen LogP contribution in [0.1, 0.15) is 0 Å². The van der Waals surface area contributed by atoms with E-state index in [1.807, 2.05) is 66.7 Å². The quantitative estimate of drug-likeness (QED) is 0.168. The molecule has 13 rings (SSSR count). The zero-order valence-corrected chi connectivity index (χ0v) is 33.9. The molecule has 6 nitrogen and oxygen atoms in total. The fraction of sp³-hybridized carbons (Fsp3) is 0. The first kappa shape index (κ1) is 35.2. The van der Waals surface area contributed by atoms with Crippen molar-refractivity contribution in [2.24, 2.45) is 0 Å². The van der Waals surface area contributed by atoms with Crippen molar-refractivity contribution in [2.45, 2.75) is 0 Å². The lowest BCUT2D eigenvalue weighted by Crippen LogP contribution is -2.01. The van der Waals surface area contributed by atoms with Crippen LogP contribution in [0.15, 0.2) is 217 Å². The summed E-state index contributed by atoms with van der Waals surface area (Å²) in [6.45, 7) is 0. The highest BCUT2D eigenvalue weighted by Crippen LogP contribution is 2.46. The highest BCUT2D eigenvalue weighted by Gasteiger charge is 2.24. The Morgan fingerprint density at radius 1 is 0.333 bits per heavy atom. The first-order chi connectivity index (χ1) is 31.2. The number of fused-ring (bicyclic) bond motifs is 10. The van der Waals surface area contributed by atoms with Gasteiger partial charge in [0.15, 0.2) is 23.1 Å². The van der Waals surface area contributed by atoms with Gasteiger partial charge in [-0.25, -0.2) is 15.0 Å². The molecule has 0 atom stereocenters. The van der Waals surface area contributed by atoms with E-state index in [1.54, 1.807) is 0 Å². The predicted octanol–water partition coefficient (Wildman–Crippen LogP) is 14.6. The summed E-state index contributed by atoms with van der Waals surface area (Å²) in [6.07, 6.45) is 0. The molecule has 63 heavy (non-hydrogen) atoms. The molecule has 0 fully saturated rings. The van der Waals surface area contributed by atoms with Crippen molar-refractivity contribution in [2.75, 3.05) is 0 Å².